The molecule has 47 nitrogen and oxygen atoms in total. The third-order valence-electron chi connectivity index (χ3n) is 21.8. The van der Waals surface area contributed by atoms with E-state index < -0.39 is 279 Å². The first-order valence-corrected chi connectivity index (χ1v) is 43.3. The monoisotopic (exact) mass is 1810 g/mol. The number of benzene rings is 1. The van der Waals surface area contributed by atoms with Crippen LogP contribution in [0.5, 0.6) is 0 Å². The van der Waals surface area contributed by atoms with Crippen molar-refractivity contribution in [3.63, 3.8) is 0 Å². The highest BCUT2D eigenvalue weighted by atomic mass is 16.4. The Bertz CT molecular complexity index is 3980. The van der Waals surface area contributed by atoms with Crippen molar-refractivity contribution >= 4 is 118 Å². The van der Waals surface area contributed by atoms with Crippen LogP contribution in [0, 0.1) is 5.92 Å². The van der Waals surface area contributed by atoms with E-state index in [1.54, 1.807) is 44.2 Å². The standard InChI is InChI=1S/C81H133N23O24/c1-43(2)38-55(98-71(118)51(28-31-64(110)111)94-74(121)57(41-106)99-66(113)44(3)85)81(128)104-37-15-23-59(104)76(123)90-46(5)68(115)100-58(42-107)75(122)95-52(26-29-62(86)108)79(126)102-35-16-24-60(102)77(124)96-53(27-30-63(87)109)80(127)103-36-17-25-61(103)78(125)97-54(39-47-18-7-6-8-19-47)72(119)101-56(40-105)73(120)89-45(4)67(114)92-49(21-10-13-33-83)70(117)93-50(22-11-14-34-84)69(116)91-48(65(88)112)20-9-12-32-82/h6-8,18-19,43-46,48-61,105-107H,9-17,20-42,82-85H2,1-5H3,(H2,86,108)(H2,87,109)(H2,88,112)(H,89,120)(H,90,123)(H,91,116)(H,92,114)(H,93,117)(H,94,121)(H,95,122)(H,96,124)(H,97,125)(H,98,118)(H,99,113)(H,100,115)(H,101,119)(H,110,111)/t44-,45-,46-,48-,49-,50-,51-,52-,53-,54-,55-,56-,57-,58-,59-,60-,61-/m0/s1. The van der Waals surface area contributed by atoms with Gasteiger partial charge in [-0.2, -0.15) is 0 Å². The maximum atomic E-state index is 14.9. The number of hydrogen-bond donors (Lipinski definition) is 24. The minimum absolute atomic E-state index is 0.0111. The summed E-state index contributed by atoms with van der Waals surface area (Å²) in [5.41, 5.74) is 39.8. The molecule has 3 aliphatic rings. The Kier molecular flexibility index (Phi) is 47.4. The van der Waals surface area contributed by atoms with Crippen LogP contribution in [0.1, 0.15) is 181 Å². The zero-order chi connectivity index (χ0) is 95.6. The normalized spacial score (nSPS) is 18.1. The van der Waals surface area contributed by atoms with Crippen LogP contribution < -0.4 is 109 Å². The van der Waals surface area contributed by atoms with Crippen molar-refractivity contribution in [2.75, 3.05) is 59.1 Å². The molecule has 17 atom stereocenters. The molecule has 0 bridgehead atoms. The molecule has 128 heavy (non-hydrogen) atoms. The van der Waals surface area contributed by atoms with E-state index in [4.69, 9.17) is 40.1 Å². The summed E-state index contributed by atoms with van der Waals surface area (Å²) >= 11 is 0. The molecule has 3 heterocycles. The van der Waals surface area contributed by atoms with Crippen molar-refractivity contribution in [1.82, 2.24) is 83.8 Å². The third kappa shape index (κ3) is 35.9. The molecule has 0 radical (unpaired) electrons. The van der Waals surface area contributed by atoms with Gasteiger partial charge in [-0.1, -0.05) is 44.2 Å². The fourth-order valence-electron chi connectivity index (χ4n) is 14.6. The minimum atomic E-state index is -1.87. The lowest BCUT2D eigenvalue weighted by molar-refractivity contribution is -0.145. The van der Waals surface area contributed by atoms with Gasteiger partial charge in [-0.15, -0.1) is 0 Å². The molecular formula is C81H133N23O24. The van der Waals surface area contributed by atoms with Crippen LogP contribution in [-0.2, 0) is 102 Å². The fourth-order valence-corrected chi connectivity index (χ4v) is 14.6. The summed E-state index contributed by atoms with van der Waals surface area (Å²) in [5, 5.41) is 72.6. The van der Waals surface area contributed by atoms with Crippen molar-refractivity contribution in [3.05, 3.63) is 35.9 Å². The first-order chi connectivity index (χ1) is 60.6. The molecule has 716 valence electrons. The Balaban J connectivity index is 1.49. The van der Waals surface area contributed by atoms with E-state index in [-0.39, 0.29) is 109 Å². The molecule has 19 amide bonds. The predicted octanol–water partition coefficient (Wildman–Crippen LogP) is -9.82. The number of carboxylic acid groups (broad SMARTS) is 1. The Hall–Kier alpha value is -11.7. The first kappa shape index (κ1) is 109. The van der Waals surface area contributed by atoms with Crippen molar-refractivity contribution in [2.24, 2.45) is 46.1 Å². The number of nitrogens with zero attached hydrogens (tertiary/aromatic N) is 3. The summed E-state index contributed by atoms with van der Waals surface area (Å²) in [5.74, 6) is -19.4. The highest BCUT2D eigenvalue weighted by Gasteiger charge is 2.45. The maximum Gasteiger partial charge on any atom is 0.303 e. The van der Waals surface area contributed by atoms with Gasteiger partial charge in [-0.25, -0.2) is 0 Å². The van der Waals surface area contributed by atoms with Crippen LogP contribution in [0.3, 0.4) is 0 Å². The number of amides is 19. The number of likely N-dealkylation sites (tertiary alicyclic amines) is 3. The lowest BCUT2D eigenvalue weighted by Gasteiger charge is -2.32. The van der Waals surface area contributed by atoms with Gasteiger partial charge in [-0.3, -0.25) is 95.9 Å². The lowest BCUT2D eigenvalue weighted by atomic mass is 10.0. The second-order valence-corrected chi connectivity index (χ2v) is 32.6. The molecule has 0 spiro atoms. The highest BCUT2D eigenvalue weighted by Crippen LogP contribution is 2.26. The average molecular weight is 1810 g/mol. The number of rotatable bonds is 58. The van der Waals surface area contributed by atoms with Crippen molar-refractivity contribution < 1.29 is 116 Å². The summed E-state index contributed by atoms with van der Waals surface area (Å²) in [7, 11) is 0. The predicted molar refractivity (Wildman–Crippen MR) is 457 cm³/mol. The van der Waals surface area contributed by atoms with Gasteiger partial charge in [0.25, 0.3) is 0 Å². The smallest absolute Gasteiger partial charge is 0.303 e. The van der Waals surface area contributed by atoms with Crippen molar-refractivity contribution in [2.45, 2.75) is 285 Å². The van der Waals surface area contributed by atoms with E-state index in [1.807, 2.05) is 0 Å². The van der Waals surface area contributed by atoms with E-state index in [1.165, 1.54) is 20.8 Å². The van der Waals surface area contributed by atoms with Crippen LogP contribution in [0.25, 0.3) is 0 Å². The summed E-state index contributed by atoms with van der Waals surface area (Å²) < 4.78 is 0. The molecule has 3 saturated heterocycles. The van der Waals surface area contributed by atoms with Gasteiger partial charge in [0.2, 0.25) is 112 Å². The largest absolute Gasteiger partial charge is 0.481 e. The van der Waals surface area contributed by atoms with Gasteiger partial charge < -0.3 is 144 Å². The molecule has 3 aliphatic heterocycles. The molecule has 1 aromatic carbocycles. The fraction of sp³-hybridized carbons (Fsp3) is 0.679. The van der Waals surface area contributed by atoms with Crippen LogP contribution >= 0.6 is 0 Å². The second kappa shape index (κ2) is 55.8. The molecule has 3 fully saturated rings. The number of aliphatic hydroxyl groups is 3. The second-order valence-electron chi connectivity index (χ2n) is 32.6. The number of aliphatic hydroxyl groups excluding tert-OH is 3. The highest BCUT2D eigenvalue weighted by molar-refractivity contribution is 6.02. The Labute approximate surface area is 741 Å². The number of nitrogens with two attached hydrogens (primary N) is 7. The molecule has 4 rings (SSSR count). The van der Waals surface area contributed by atoms with Gasteiger partial charge in [0.05, 0.1) is 25.9 Å². The molecule has 0 aliphatic carbocycles. The Morgan fingerprint density at radius 1 is 0.359 bits per heavy atom. The SMILES string of the molecule is CC(C)C[C@H](NC(=O)[C@H](CCC(=O)O)NC(=O)[C@H](CO)NC(=O)[C@H](C)N)C(=O)N1CCC[C@H]1C(=O)N[C@@H](C)C(=O)N[C@@H](CO)C(=O)N[C@@H](CCC(N)=O)C(=O)N1CCC[C@H]1C(=O)N[C@@H](CCC(N)=O)C(=O)N1CCC[C@H]1C(=O)N[C@@H](Cc1ccccc1)C(=O)N[C@@H](CO)C(=O)N[C@@H](C)C(=O)N[C@@H](CCCCN)C(=O)N[C@@H](CCCCN)C(=O)N[C@@H](CCCCN)C(N)=O. The lowest BCUT2D eigenvalue weighted by Crippen LogP contribution is -2.61. The van der Waals surface area contributed by atoms with Crippen LogP contribution in [0.2, 0.25) is 0 Å². The summed E-state index contributed by atoms with van der Waals surface area (Å²) in [6.07, 6.45) is 0.0924. The first-order valence-electron chi connectivity index (χ1n) is 43.3. The quantitative estimate of drug-likeness (QED) is 0.0269. The van der Waals surface area contributed by atoms with Gasteiger partial charge in [0.15, 0.2) is 0 Å². The number of unbranched alkanes of at least 4 members (excludes halogenated alkanes) is 3. The number of carbonyl (C=O) groups excluding carboxylic acids is 19. The van der Waals surface area contributed by atoms with Crippen molar-refractivity contribution in [1.29, 1.82) is 0 Å². The van der Waals surface area contributed by atoms with Crippen LogP contribution in [-0.4, -0.2) is 315 Å². The zero-order valence-electron chi connectivity index (χ0n) is 73.2. The molecule has 31 N–H and O–H groups in total. The van der Waals surface area contributed by atoms with Crippen LogP contribution in [0.4, 0.5) is 0 Å². The topological polar surface area (TPSA) is 771 Å². The van der Waals surface area contributed by atoms with Gasteiger partial charge in [0, 0.05) is 45.3 Å². The van der Waals surface area contributed by atoms with Gasteiger partial charge in [-0.05, 0) is 174 Å². The van der Waals surface area contributed by atoms with E-state index >= 15 is 0 Å². The maximum absolute atomic E-state index is 14.9. The van der Waals surface area contributed by atoms with E-state index in [0.717, 1.165) is 14.7 Å². The molecule has 0 unspecified atom stereocenters. The summed E-state index contributed by atoms with van der Waals surface area (Å²) in [6, 6.07) is -16.6. The zero-order valence-corrected chi connectivity index (χ0v) is 73.2. The molecule has 0 aromatic heterocycles. The van der Waals surface area contributed by atoms with E-state index in [0.29, 0.717) is 50.6 Å². The third-order valence-corrected chi connectivity index (χ3v) is 21.8. The Morgan fingerprint density at radius 3 is 1.07 bits per heavy atom. The summed E-state index contributed by atoms with van der Waals surface area (Å²) in [4.78, 5) is 276. The number of carbonyl (C=O) groups is 20. The number of aliphatic carboxylic acids is 1. The number of primary amides is 3. The molecule has 47 heteroatoms. The number of nitrogens with one attached hydrogen (secondary N) is 13. The molecule has 0 saturated carbocycles. The number of hydrogen-bond acceptors (Lipinski definition) is 27. The Morgan fingerprint density at radius 2 is 0.672 bits per heavy atom. The summed E-state index contributed by atoms with van der Waals surface area (Å²) in [6.45, 7) is 4.63. The molecular weight excluding hydrogens is 1680 g/mol. The van der Waals surface area contributed by atoms with Crippen molar-refractivity contribution in [3.8, 4) is 0 Å². The van der Waals surface area contributed by atoms with Crippen LogP contribution in [0.15, 0.2) is 30.3 Å². The van der Waals surface area contributed by atoms with E-state index in [2.05, 4.69) is 69.1 Å². The van der Waals surface area contributed by atoms with Gasteiger partial charge in [0.1, 0.15) is 96.7 Å². The molecule has 1 aromatic rings. The average Bonchev–Trinajstić information content (AvgIpc) is 1.60. The van der Waals surface area contributed by atoms with E-state index in [9.17, 15) is 116 Å². The minimum Gasteiger partial charge on any atom is -0.481 e. The number of carboxylic acids is 1. The van der Waals surface area contributed by atoms with Gasteiger partial charge >= 0.3 is 5.97 Å².